The zero-order chi connectivity index (χ0) is 22.5. The first kappa shape index (κ1) is 22.0. The lowest BCUT2D eigenvalue weighted by Crippen LogP contribution is -2.28. The van der Waals surface area contributed by atoms with Crippen LogP contribution in [0.2, 0.25) is 0 Å². The van der Waals surface area contributed by atoms with Crippen LogP contribution in [0.15, 0.2) is 72.8 Å². The molecule has 1 atom stereocenters. The Balaban J connectivity index is 1.43. The van der Waals surface area contributed by atoms with E-state index < -0.39 is 0 Å². The summed E-state index contributed by atoms with van der Waals surface area (Å²) in [6.45, 7) is 1.98. The van der Waals surface area contributed by atoms with Crippen molar-refractivity contribution >= 4 is 35.0 Å². The molecule has 0 saturated carbocycles. The van der Waals surface area contributed by atoms with Crippen molar-refractivity contribution < 1.29 is 18.7 Å². The maximum absolute atomic E-state index is 14.1. The SMILES string of the molecule is Cc1ccc(N2C(=O)CSC2c2cccc(NC(=O)COCc3ccccc3)c2)cc1F. The van der Waals surface area contributed by atoms with Crippen LogP contribution in [-0.4, -0.2) is 24.2 Å². The van der Waals surface area contributed by atoms with Crippen molar-refractivity contribution in [3.8, 4) is 0 Å². The summed E-state index contributed by atoms with van der Waals surface area (Å²) in [6, 6.07) is 21.8. The third-order valence-corrected chi connectivity index (χ3v) is 6.31. The Labute approximate surface area is 190 Å². The van der Waals surface area contributed by atoms with Crippen LogP contribution < -0.4 is 10.2 Å². The van der Waals surface area contributed by atoms with E-state index in [1.54, 1.807) is 30.0 Å². The molecule has 0 bridgehead atoms. The van der Waals surface area contributed by atoms with Gasteiger partial charge in [-0.25, -0.2) is 4.39 Å². The molecule has 1 fully saturated rings. The molecule has 2 amide bonds. The average molecular weight is 451 g/mol. The summed E-state index contributed by atoms with van der Waals surface area (Å²) in [6.07, 6.45) is 0. The number of benzene rings is 3. The van der Waals surface area contributed by atoms with Crippen LogP contribution in [0.4, 0.5) is 15.8 Å². The van der Waals surface area contributed by atoms with E-state index in [9.17, 15) is 14.0 Å². The molecule has 0 aliphatic carbocycles. The van der Waals surface area contributed by atoms with Crippen molar-refractivity contribution in [1.29, 1.82) is 0 Å². The van der Waals surface area contributed by atoms with E-state index in [-0.39, 0.29) is 29.6 Å². The number of hydrogen-bond acceptors (Lipinski definition) is 4. The summed E-state index contributed by atoms with van der Waals surface area (Å²) >= 11 is 1.47. The minimum atomic E-state index is -0.345. The number of ether oxygens (including phenoxy) is 1. The number of rotatable bonds is 7. The van der Waals surface area contributed by atoms with Crippen molar-refractivity contribution in [1.82, 2.24) is 0 Å². The lowest BCUT2D eigenvalue weighted by atomic mass is 10.1. The Kier molecular flexibility index (Phi) is 6.87. The molecule has 3 aromatic carbocycles. The Morgan fingerprint density at radius 2 is 1.94 bits per heavy atom. The highest BCUT2D eigenvalue weighted by Crippen LogP contribution is 2.42. The van der Waals surface area contributed by atoms with Gasteiger partial charge in [-0.3, -0.25) is 14.5 Å². The fourth-order valence-electron chi connectivity index (χ4n) is 3.48. The molecule has 4 rings (SSSR count). The molecular weight excluding hydrogens is 427 g/mol. The van der Waals surface area contributed by atoms with Crippen LogP contribution in [-0.2, 0) is 20.9 Å². The van der Waals surface area contributed by atoms with Gasteiger partial charge in [-0.1, -0.05) is 48.5 Å². The smallest absolute Gasteiger partial charge is 0.250 e. The first-order chi connectivity index (χ1) is 15.5. The van der Waals surface area contributed by atoms with Gasteiger partial charge in [-0.2, -0.15) is 0 Å². The number of carbonyl (C=O) groups is 2. The number of thioether (sulfide) groups is 1. The standard InChI is InChI=1S/C25H23FN2O3S/c1-17-10-11-21(13-22(17)26)28-24(30)16-32-25(28)19-8-5-9-20(12-19)27-23(29)15-31-14-18-6-3-2-4-7-18/h2-13,25H,14-16H2,1H3,(H,27,29). The van der Waals surface area contributed by atoms with Gasteiger partial charge in [0, 0.05) is 11.4 Å². The summed E-state index contributed by atoms with van der Waals surface area (Å²) in [4.78, 5) is 26.5. The Morgan fingerprint density at radius 3 is 2.72 bits per heavy atom. The number of amides is 2. The quantitative estimate of drug-likeness (QED) is 0.546. The van der Waals surface area contributed by atoms with Crippen molar-refractivity contribution in [3.05, 3.63) is 95.3 Å². The van der Waals surface area contributed by atoms with E-state index in [4.69, 9.17) is 4.74 Å². The number of nitrogens with one attached hydrogen (secondary N) is 1. The number of hydrogen-bond donors (Lipinski definition) is 1. The van der Waals surface area contributed by atoms with Crippen LogP contribution in [0, 0.1) is 12.7 Å². The van der Waals surface area contributed by atoms with E-state index >= 15 is 0 Å². The van der Waals surface area contributed by atoms with Gasteiger partial charge in [0.1, 0.15) is 17.8 Å². The summed E-state index contributed by atoms with van der Waals surface area (Å²) < 4.78 is 19.6. The molecule has 164 valence electrons. The van der Waals surface area contributed by atoms with Crippen LogP contribution in [0.25, 0.3) is 0 Å². The first-order valence-electron chi connectivity index (χ1n) is 10.2. The maximum atomic E-state index is 14.1. The molecule has 1 saturated heterocycles. The van der Waals surface area contributed by atoms with Gasteiger partial charge < -0.3 is 10.1 Å². The fourth-order valence-corrected chi connectivity index (χ4v) is 4.65. The second-order valence-electron chi connectivity index (χ2n) is 7.51. The van der Waals surface area contributed by atoms with Crippen molar-refractivity contribution in [2.75, 3.05) is 22.6 Å². The lowest BCUT2D eigenvalue weighted by Gasteiger charge is -2.25. The molecule has 7 heteroatoms. The van der Waals surface area contributed by atoms with Gasteiger partial charge in [-0.05, 0) is 47.9 Å². The van der Waals surface area contributed by atoms with E-state index in [1.165, 1.54) is 17.8 Å². The van der Waals surface area contributed by atoms with Crippen LogP contribution >= 0.6 is 11.8 Å². The highest BCUT2D eigenvalue weighted by molar-refractivity contribution is 8.00. The summed E-state index contributed by atoms with van der Waals surface area (Å²) in [7, 11) is 0. The van der Waals surface area contributed by atoms with Gasteiger partial charge >= 0.3 is 0 Å². The second kappa shape index (κ2) is 9.97. The highest BCUT2D eigenvalue weighted by Gasteiger charge is 2.34. The van der Waals surface area contributed by atoms with Crippen molar-refractivity contribution in [2.45, 2.75) is 18.9 Å². The zero-order valence-corrected chi connectivity index (χ0v) is 18.4. The van der Waals surface area contributed by atoms with E-state index in [0.717, 1.165) is 11.1 Å². The predicted molar refractivity (Wildman–Crippen MR) is 125 cm³/mol. The summed E-state index contributed by atoms with van der Waals surface area (Å²) in [5, 5.41) is 2.54. The molecule has 0 radical (unpaired) electrons. The Morgan fingerprint density at radius 1 is 1.12 bits per heavy atom. The Bertz CT molecular complexity index is 1120. The molecule has 1 heterocycles. The van der Waals surface area contributed by atoms with Crippen LogP contribution in [0.3, 0.4) is 0 Å². The highest BCUT2D eigenvalue weighted by atomic mass is 32.2. The van der Waals surface area contributed by atoms with Gasteiger partial charge in [0.05, 0.1) is 12.4 Å². The van der Waals surface area contributed by atoms with Gasteiger partial charge in [0.15, 0.2) is 0 Å². The van der Waals surface area contributed by atoms with Gasteiger partial charge in [-0.15, -0.1) is 11.8 Å². The number of nitrogens with zero attached hydrogens (tertiary/aromatic N) is 1. The molecule has 0 spiro atoms. The third kappa shape index (κ3) is 5.18. The monoisotopic (exact) mass is 450 g/mol. The number of carbonyl (C=O) groups excluding carboxylic acids is 2. The molecule has 3 aromatic rings. The molecule has 5 nitrogen and oxygen atoms in total. The van der Waals surface area contributed by atoms with Crippen LogP contribution in [0.5, 0.6) is 0 Å². The average Bonchev–Trinajstić information content (AvgIpc) is 3.18. The fraction of sp³-hybridized carbons (Fsp3) is 0.200. The number of aryl methyl sites for hydroxylation is 1. The molecule has 1 N–H and O–H groups in total. The van der Waals surface area contributed by atoms with Crippen LogP contribution in [0.1, 0.15) is 22.1 Å². The second-order valence-corrected chi connectivity index (χ2v) is 8.58. The Hall–Kier alpha value is -3.16. The molecule has 1 aliphatic rings. The summed E-state index contributed by atoms with van der Waals surface area (Å²) in [5.74, 6) is -0.371. The topological polar surface area (TPSA) is 58.6 Å². The molecule has 1 aliphatic heterocycles. The summed E-state index contributed by atoms with van der Waals surface area (Å²) in [5.41, 5.74) is 3.52. The van der Waals surface area contributed by atoms with Crippen molar-refractivity contribution in [3.63, 3.8) is 0 Å². The maximum Gasteiger partial charge on any atom is 0.250 e. The van der Waals surface area contributed by atoms with Gasteiger partial charge in [0.2, 0.25) is 11.8 Å². The minimum absolute atomic E-state index is 0.0649. The van der Waals surface area contributed by atoms with E-state index in [0.29, 0.717) is 29.3 Å². The third-order valence-electron chi connectivity index (χ3n) is 5.10. The largest absolute Gasteiger partial charge is 0.367 e. The van der Waals surface area contributed by atoms with E-state index in [2.05, 4.69) is 5.32 Å². The minimum Gasteiger partial charge on any atom is -0.367 e. The van der Waals surface area contributed by atoms with Crippen molar-refractivity contribution in [2.24, 2.45) is 0 Å². The zero-order valence-electron chi connectivity index (χ0n) is 17.6. The molecule has 0 aromatic heterocycles. The molecule has 32 heavy (non-hydrogen) atoms. The first-order valence-corrected chi connectivity index (χ1v) is 11.3. The predicted octanol–water partition coefficient (Wildman–Crippen LogP) is 5.07. The normalized spacial score (nSPS) is 15.8. The molecular formula is C25H23FN2O3S. The van der Waals surface area contributed by atoms with E-state index in [1.807, 2.05) is 48.5 Å². The number of halogens is 1. The van der Waals surface area contributed by atoms with Gasteiger partial charge in [0.25, 0.3) is 0 Å². The molecule has 1 unspecified atom stereocenters. The lowest BCUT2D eigenvalue weighted by molar-refractivity contribution is -0.121. The number of anilines is 2.